The zero-order valence-corrected chi connectivity index (χ0v) is 15.3. The van der Waals surface area contributed by atoms with Gasteiger partial charge in [0.15, 0.2) is 6.61 Å². The van der Waals surface area contributed by atoms with E-state index in [9.17, 15) is 9.59 Å². The average molecular weight is 346 g/mol. The number of para-hydroxylation sites is 1. The van der Waals surface area contributed by atoms with E-state index >= 15 is 0 Å². The number of nitrogens with one attached hydrogen (secondary N) is 2. The van der Waals surface area contributed by atoms with Crippen molar-refractivity contribution in [2.45, 2.75) is 58.4 Å². The Kier molecular flexibility index (Phi) is 7.76. The van der Waals surface area contributed by atoms with Crippen LogP contribution in [0.4, 0.5) is 5.69 Å². The third-order valence-electron chi connectivity index (χ3n) is 4.78. The topological polar surface area (TPSA) is 67.4 Å². The summed E-state index contributed by atoms with van der Waals surface area (Å²) in [5.74, 6) is -0.202. The van der Waals surface area contributed by atoms with Gasteiger partial charge in [-0.25, -0.2) is 4.79 Å². The molecular weight excluding hydrogens is 316 g/mol. The van der Waals surface area contributed by atoms with Crippen LogP contribution in [0.2, 0.25) is 0 Å². The van der Waals surface area contributed by atoms with Crippen LogP contribution in [0.1, 0.15) is 62.7 Å². The number of benzene rings is 1. The number of unbranched alkanes of at least 4 members (excludes halogenated alkanes) is 1. The molecule has 0 radical (unpaired) electrons. The largest absolute Gasteiger partial charge is 0.452 e. The first-order chi connectivity index (χ1) is 12.1. The van der Waals surface area contributed by atoms with E-state index in [0.29, 0.717) is 11.5 Å². The summed E-state index contributed by atoms with van der Waals surface area (Å²) >= 11 is 0. The van der Waals surface area contributed by atoms with Crippen LogP contribution in [0.15, 0.2) is 24.3 Å². The van der Waals surface area contributed by atoms with Crippen molar-refractivity contribution >= 4 is 17.6 Å². The highest BCUT2D eigenvalue weighted by molar-refractivity contribution is 5.96. The molecule has 1 aliphatic rings. The molecule has 1 fully saturated rings. The molecule has 0 bridgehead atoms. The van der Waals surface area contributed by atoms with Crippen molar-refractivity contribution in [2.24, 2.45) is 5.92 Å². The Labute approximate surface area is 150 Å². The van der Waals surface area contributed by atoms with Gasteiger partial charge < -0.3 is 15.4 Å². The third-order valence-corrected chi connectivity index (χ3v) is 4.78. The molecule has 1 aromatic rings. The van der Waals surface area contributed by atoms with Crippen LogP contribution in [0.3, 0.4) is 0 Å². The minimum Gasteiger partial charge on any atom is -0.452 e. The lowest BCUT2D eigenvalue weighted by Gasteiger charge is -2.29. The highest BCUT2D eigenvalue weighted by Gasteiger charge is 2.23. The Morgan fingerprint density at radius 2 is 1.96 bits per heavy atom. The van der Waals surface area contributed by atoms with Crippen LogP contribution < -0.4 is 10.6 Å². The molecule has 2 rings (SSSR count). The van der Waals surface area contributed by atoms with E-state index in [4.69, 9.17) is 4.74 Å². The quantitative estimate of drug-likeness (QED) is 0.556. The molecule has 2 atom stereocenters. The van der Waals surface area contributed by atoms with E-state index < -0.39 is 5.97 Å². The predicted octanol–water partition coefficient (Wildman–Crippen LogP) is 3.75. The van der Waals surface area contributed by atoms with E-state index in [1.807, 2.05) is 12.1 Å². The maximum absolute atomic E-state index is 12.3. The van der Waals surface area contributed by atoms with Gasteiger partial charge in [-0.15, -0.1) is 0 Å². The predicted molar refractivity (Wildman–Crippen MR) is 99.7 cm³/mol. The van der Waals surface area contributed by atoms with E-state index in [-0.39, 0.29) is 18.6 Å². The first-order valence-electron chi connectivity index (χ1n) is 9.41. The number of ether oxygens (including phenoxy) is 1. The molecule has 1 aliphatic carbocycles. The summed E-state index contributed by atoms with van der Waals surface area (Å²) in [6.07, 6.45) is 6.63. The molecule has 5 heteroatoms. The van der Waals surface area contributed by atoms with Crippen molar-refractivity contribution in [2.75, 3.05) is 18.5 Å². The van der Waals surface area contributed by atoms with E-state index in [0.717, 1.165) is 44.3 Å². The molecule has 2 N–H and O–H groups in total. The molecule has 0 saturated heterocycles. The van der Waals surface area contributed by atoms with E-state index in [1.54, 1.807) is 12.1 Å². The number of anilines is 1. The van der Waals surface area contributed by atoms with Crippen LogP contribution in [-0.4, -0.2) is 31.1 Å². The fraction of sp³-hybridized carbons (Fsp3) is 0.600. The van der Waals surface area contributed by atoms with Crippen molar-refractivity contribution in [3.63, 3.8) is 0 Å². The summed E-state index contributed by atoms with van der Waals surface area (Å²) in [5, 5.41) is 6.25. The standard InChI is InChI=1S/C20H30N2O3/c1-3-4-13-21-18-12-8-6-10-16(18)20(24)25-14-19(23)22-17-11-7-5-9-15(17)2/h6,8,10,12,15,17,21H,3-5,7,9,11,13-14H2,1-2H3,(H,22,23)/t15-,17+/m0/s1. The zero-order chi connectivity index (χ0) is 18.1. The van der Waals surface area contributed by atoms with Gasteiger partial charge in [0.1, 0.15) is 0 Å². The van der Waals surface area contributed by atoms with Gasteiger partial charge in [0.05, 0.1) is 5.56 Å². The van der Waals surface area contributed by atoms with Crippen LogP contribution >= 0.6 is 0 Å². The second-order valence-electron chi connectivity index (χ2n) is 6.84. The van der Waals surface area contributed by atoms with Crippen molar-refractivity contribution in [3.05, 3.63) is 29.8 Å². The second kappa shape index (κ2) is 10.1. The molecule has 1 saturated carbocycles. The molecule has 138 valence electrons. The van der Waals surface area contributed by atoms with Crippen molar-refractivity contribution < 1.29 is 14.3 Å². The van der Waals surface area contributed by atoms with Crippen molar-refractivity contribution in [1.29, 1.82) is 0 Å². The van der Waals surface area contributed by atoms with Gasteiger partial charge in [0.2, 0.25) is 0 Å². The molecule has 25 heavy (non-hydrogen) atoms. The van der Waals surface area contributed by atoms with Gasteiger partial charge in [-0.1, -0.05) is 45.2 Å². The van der Waals surface area contributed by atoms with Gasteiger partial charge >= 0.3 is 5.97 Å². The number of carbonyl (C=O) groups excluding carboxylic acids is 2. The number of amides is 1. The average Bonchev–Trinajstić information content (AvgIpc) is 2.62. The van der Waals surface area contributed by atoms with E-state index in [2.05, 4.69) is 24.5 Å². The molecule has 5 nitrogen and oxygen atoms in total. The molecule has 0 aliphatic heterocycles. The van der Waals surface area contributed by atoms with Crippen LogP contribution in [-0.2, 0) is 9.53 Å². The fourth-order valence-corrected chi connectivity index (χ4v) is 3.20. The Morgan fingerprint density at radius 1 is 1.20 bits per heavy atom. The van der Waals surface area contributed by atoms with Crippen LogP contribution in [0.5, 0.6) is 0 Å². The summed E-state index contributed by atoms with van der Waals surface area (Å²) in [6.45, 7) is 4.86. The second-order valence-corrected chi connectivity index (χ2v) is 6.84. The third kappa shape index (κ3) is 6.07. The van der Waals surface area contributed by atoms with Crippen LogP contribution in [0.25, 0.3) is 0 Å². The van der Waals surface area contributed by atoms with Gasteiger partial charge in [0.25, 0.3) is 5.91 Å². The maximum atomic E-state index is 12.3. The van der Waals surface area contributed by atoms with Crippen LogP contribution in [0, 0.1) is 5.92 Å². The van der Waals surface area contributed by atoms with Gasteiger partial charge in [-0.3, -0.25) is 4.79 Å². The summed E-state index contributed by atoms with van der Waals surface area (Å²) in [7, 11) is 0. The monoisotopic (exact) mass is 346 g/mol. The number of hydrogen-bond acceptors (Lipinski definition) is 4. The number of hydrogen-bond donors (Lipinski definition) is 2. The Hall–Kier alpha value is -2.04. The summed E-state index contributed by atoms with van der Waals surface area (Å²) < 4.78 is 5.22. The molecule has 0 unspecified atom stereocenters. The normalized spacial score (nSPS) is 19.9. The lowest BCUT2D eigenvalue weighted by molar-refractivity contribution is -0.125. The number of rotatable bonds is 8. The fourth-order valence-electron chi connectivity index (χ4n) is 3.20. The highest BCUT2D eigenvalue weighted by atomic mass is 16.5. The molecule has 0 spiro atoms. The zero-order valence-electron chi connectivity index (χ0n) is 15.3. The number of esters is 1. The lowest BCUT2D eigenvalue weighted by Crippen LogP contribution is -2.42. The smallest absolute Gasteiger partial charge is 0.340 e. The summed E-state index contributed by atoms with van der Waals surface area (Å²) in [5.41, 5.74) is 1.22. The SMILES string of the molecule is CCCCNc1ccccc1C(=O)OCC(=O)N[C@@H]1CCCC[C@@H]1C. The maximum Gasteiger partial charge on any atom is 0.340 e. The van der Waals surface area contributed by atoms with Gasteiger partial charge in [-0.2, -0.15) is 0 Å². The molecule has 1 aromatic carbocycles. The van der Waals surface area contributed by atoms with Gasteiger partial charge in [-0.05, 0) is 37.3 Å². The Morgan fingerprint density at radius 3 is 2.72 bits per heavy atom. The minimum atomic E-state index is -0.466. The Bertz CT molecular complexity index is 574. The molecule has 0 aromatic heterocycles. The molecule has 1 amide bonds. The minimum absolute atomic E-state index is 0.197. The Balaban J connectivity index is 1.84. The lowest BCUT2D eigenvalue weighted by atomic mass is 9.86. The van der Waals surface area contributed by atoms with Gasteiger partial charge in [0, 0.05) is 18.3 Å². The highest BCUT2D eigenvalue weighted by Crippen LogP contribution is 2.23. The summed E-state index contributed by atoms with van der Waals surface area (Å²) in [4.78, 5) is 24.4. The first-order valence-corrected chi connectivity index (χ1v) is 9.41. The first kappa shape index (κ1) is 19.3. The number of carbonyl (C=O) groups is 2. The molecule has 0 heterocycles. The van der Waals surface area contributed by atoms with Crippen molar-refractivity contribution in [1.82, 2.24) is 5.32 Å². The van der Waals surface area contributed by atoms with Crippen molar-refractivity contribution in [3.8, 4) is 0 Å². The molecular formula is C20H30N2O3. The van der Waals surface area contributed by atoms with E-state index in [1.165, 1.54) is 6.42 Å². The summed E-state index contributed by atoms with van der Waals surface area (Å²) in [6, 6.07) is 7.45.